The van der Waals surface area contributed by atoms with Crippen LogP contribution in [0.25, 0.3) is 0 Å². The molecule has 1 heterocycles. The molecule has 12 heteroatoms. The van der Waals surface area contributed by atoms with E-state index in [4.69, 9.17) is 10.00 Å². The lowest BCUT2D eigenvalue weighted by Crippen LogP contribution is -2.50. The maximum absolute atomic E-state index is 15.0. The molecule has 1 aliphatic heterocycles. The number of halogens is 3. The van der Waals surface area contributed by atoms with Crippen LogP contribution in [0.3, 0.4) is 0 Å². The van der Waals surface area contributed by atoms with Gasteiger partial charge in [-0.1, -0.05) is 12.1 Å². The number of fused-ring (bicyclic) bond motifs is 1. The Morgan fingerprint density at radius 2 is 1.87 bits per heavy atom. The van der Waals surface area contributed by atoms with Crippen LogP contribution < -0.4 is 15.5 Å². The van der Waals surface area contributed by atoms with Gasteiger partial charge in [0.2, 0.25) is 0 Å². The van der Waals surface area contributed by atoms with E-state index in [1.807, 2.05) is 6.07 Å². The molecule has 1 fully saturated rings. The van der Waals surface area contributed by atoms with E-state index in [-0.39, 0.29) is 18.0 Å². The van der Waals surface area contributed by atoms with Crippen molar-refractivity contribution >= 4 is 35.4 Å². The molecule has 2 aromatic rings. The summed E-state index contributed by atoms with van der Waals surface area (Å²) in [5, 5.41) is 13.8. The summed E-state index contributed by atoms with van der Waals surface area (Å²) >= 11 is 1.09. The van der Waals surface area contributed by atoms with Crippen molar-refractivity contribution in [1.82, 2.24) is 10.6 Å². The van der Waals surface area contributed by atoms with E-state index >= 15 is 0 Å². The molecule has 2 aromatic carbocycles. The lowest BCUT2D eigenvalue weighted by Gasteiger charge is -2.27. The first-order valence-corrected chi connectivity index (χ1v) is 12.7. The minimum Gasteiger partial charge on any atom is -0.444 e. The normalized spacial score (nSPS) is 20.0. The average Bonchev–Trinajstić information content (AvgIpc) is 3.46. The van der Waals surface area contributed by atoms with Crippen LogP contribution in [0.2, 0.25) is 0 Å². The monoisotopic (exact) mass is 546 g/mol. The van der Waals surface area contributed by atoms with Crippen LogP contribution in [0, 0.1) is 17.1 Å². The van der Waals surface area contributed by atoms with Crippen LogP contribution in [0.1, 0.15) is 48.7 Å². The van der Waals surface area contributed by atoms with Gasteiger partial charge in [-0.05, 0) is 50.6 Å². The predicted octanol–water partition coefficient (Wildman–Crippen LogP) is 4.37. The van der Waals surface area contributed by atoms with Crippen molar-refractivity contribution in [2.24, 2.45) is 0 Å². The van der Waals surface area contributed by atoms with Crippen LogP contribution in [0.5, 0.6) is 0 Å². The summed E-state index contributed by atoms with van der Waals surface area (Å²) < 4.78 is 46.9. The van der Waals surface area contributed by atoms with E-state index in [2.05, 4.69) is 10.6 Å². The number of carbonyl (C=O) groups is 3. The van der Waals surface area contributed by atoms with Crippen LogP contribution in [0.15, 0.2) is 41.3 Å². The van der Waals surface area contributed by atoms with Crippen molar-refractivity contribution in [2.75, 3.05) is 10.7 Å². The minimum absolute atomic E-state index is 0.0298. The van der Waals surface area contributed by atoms with Gasteiger partial charge in [0.15, 0.2) is 0 Å². The average molecular weight is 547 g/mol. The first kappa shape index (κ1) is 27.3. The van der Waals surface area contributed by atoms with Crippen LogP contribution in [0.4, 0.5) is 23.7 Å². The number of nitrogens with zero attached hydrogens (tertiary/aromatic N) is 2. The van der Waals surface area contributed by atoms with Gasteiger partial charge < -0.3 is 20.3 Å². The zero-order chi connectivity index (χ0) is 27.8. The smallest absolute Gasteiger partial charge is 0.408 e. The number of hydrogen-bond donors (Lipinski definition) is 2. The van der Waals surface area contributed by atoms with Gasteiger partial charge in [-0.15, -0.1) is 11.8 Å². The molecule has 1 saturated carbocycles. The zero-order valence-corrected chi connectivity index (χ0v) is 21.6. The molecule has 0 aromatic heterocycles. The number of hydrogen-bond acceptors (Lipinski definition) is 6. The molecule has 4 rings (SSSR count). The largest absolute Gasteiger partial charge is 0.444 e. The van der Waals surface area contributed by atoms with E-state index in [1.54, 1.807) is 45.0 Å². The highest BCUT2D eigenvalue weighted by molar-refractivity contribution is 7.99. The van der Waals surface area contributed by atoms with Gasteiger partial charge in [-0.2, -0.15) is 5.26 Å². The zero-order valence-electron chi connectivity index (χ0n) is 20.8. The van der Waals surface area contributed by atoms with Crippen molar-refractivity contribution in [1.29, 1.82) is 5.26 Å². The van der Waals surface area contributed by atoms with Gasteiger partial charge >= 0.3 is 6.09 Å². The van der Waals surface area contributed by atoms with Gasteiger partial charge in [0, 0.05) is 17.1 Å². The quantitative estimate of drug-likeness (QED) is 0.576. The summed E-state index contributed by atoms with van der Waals surface area (Å²) in [7, 11) is 0. The predicted molar refractivity (Wildman–Crippen MR) is 133 cm³/mol. The molecular formula is C26H25F3N4O4S. The Kier molecular flexibility index (Phi) is 7.34. The molecule has 2 atom stereocenters. The third-order valence-corrected chi connectivity index (χ3v) is 6.94. The number of thioether (sulfide) groups is 1. The molecule has 200 valence electrons. The molecule has 3 amide bonds. The van der Waals surface area contributed by atoms with Gasteiger partial charge in [0.05, 0.1) is 35.5 Å². The molecule has 0 bridgehead atoms. The fourth-order valence-electron chi connectivity index (χ4n) is 3.78. The molecule has 2 aliphatic rings. The highest BCUT2D eigenvalue weighted by atomic mass is 32.2. The number of rotatable bonds is 5. The second kappa shape index (κ2) is 10.2. The number of anilines is 1. The fourth-order valence-corrected chi connectivity index (χ4v) is 4.86. The van der Waals surface area contributed by atoms with Crippen molar-refractivity contribution in [3.63, 3.8) is 0 Å². The third kappa shape index (κ3) is 6.22. The molecule has 0 radical (unpaired) electrons. The van der Waals surface area contributed by atoms with E-state index < -0.39 is 59.3 Å². The fraction of sp³-hybridized carbons (Fsp3) is 0.385. The molecule has 0 saturated heterocycles. The first-order valence-electron chi connectivity index (χ1n) is 11.7. The summed E-state index contributed by atoms with van der Waals surface area (Å²) in [4.78, 5) is 40.4. The van der Waals surface area contributed by atoms with Gasteiger partial charge in [0.1, 0.15) is 17.5 Å². The lowest BCUT2D eigenvalue weighted by atomic mass is 10.1. The molecule has 0 spiro atoms. The number of alkyl halides is 2. The highest BCUT2D eigenvalue weighted by Crippen LogP contribution is 2.42. The third-order valence-electron chi connectivity index (χ3n) is 5.80. The Hall–Kier alpha value is -3.72. The second-order valence-corrected chi connectivity index (χ2v) is 11.1. The standard InChI is InChI=1S/C26H25F3N4O4S/c1-25(2,3)37-24(36)31-18-13-38-20-9-17(27)16(22(34)32-21-10-26(21,28)29)8-19(20)33(23(18)35)12-15-6-4-14(11-30)5-7-15/h4-9,18,21H,10,12-13H2,1-3H3,(H,31,36)(H,32,34)/t18-,21?/m0/s1. The lowest BCUT2D eigenvalue weighted by molar-refractivity contribution is -0.120. The topological polar surface area (TPSA) is 112 Å². The number of benzene rings is 2. The molecule has 2 N–H and O–H groups in total. The van der Waals surface area contributed by atoms with Crippen molar-refractivity contribution in [3.8, 4) is 6.07 Å². The van der Waals surface area contributed by atoms with Gasteiger partial charge in [-0.3, -0.25) is 9.59 Å². The maximum atomic E-state index is 15.0. The summed E-state index contributed by atoms with van der Waals surface area (Å²) in [6.45, 7) is 5.00. The number of alkyl carbamates (subject to hydrolysis) is 1. The first-order chi connectivity index (χ1) is 17.8. The number of amides is 3. The van der Waals surface area contributed by atoms with E-state index in [0.717, 1.165) is 23.9 Å². The van der Waals surface area contributed by atoms with E-state index in [0.29, 0.717) is 16.0 Å². The molecule has 8 nitrogen and oxygen atoms in total. The van der Waals surface area contributed by atoms with E-state index in [1.165, 1.54) is 4.90 Å². The van der Waals surface area contributed by atoms with Crippen LogP contribution >= 0.6 is 11.8 Å². The Labute approximate surface area is 221 Å². The van der Waals surface area contributed by atoms with Crippen LogP contribution in [-0.2, 0) is 16.1 Å². The summed E-state index contributed by atoms with van der Waals surface area (Å²) in [6.07, 6.45) is -1.33. The van der Waals surface area contributed by atoms with Crippen molar-refractivity contribution < 1.29 is 32.3 Å². The molecular weight excluding hydrogens is 521 g/mol. The summed E-state index contributed by atoms with van der Waals surface area (Å²) in [5.41, 5.74) is -0.0662. The van der Waals surface area contributed by atoms with Crippen molar-refractivity contribution in [3.05, 3.63) is 58.9 Å². The number of ether oxygens (including phenoxy) is 1. The summed E-state index contributed by atoms with van der Waals surface area (Å²) in [5.74, 6) is -5.48. The van der Waals surface area contributed by atoms with Gasteiger partial charge in [-0.25, -0.2) is 18.0 Å². The molecule has 1 unspecified atom stereocenters. The molecule has 1 aliphatic carbocycles. The Balaban J connectivity index is 1.68. The van der Waals surface area contributed by atoms with Gasteiger partial charge in [0.25, 0.3) is 17.7 Å². The Morgan fingerprint density at radius 3 is 2.45 bits per heavy atom. The Morgan fingerprint density at radius 1 is 1.21 bits per heavy atom. The minimum atomic E-state index is -3.04. The number of nitrogens with one attached hydrogen (secondary N) is 2. The molecule has 38 heavy (non-hydrogen) atoms. The van der Waals surface area contributed by atoms with Crippen LogP contribution in [-0.4, -0.2) is 47.3 Å². The Bertz CT molecular complexity index is 1320. The second-order valence-electron chi connectivity index (χ2n) is 10.0. The SMILES string of the molecule is CC(C)(C)OC(=O)N[C@H]1CSc2cc(F)c(C(=O)NC3CC3(F)F)cc2N(Cc2ccc(C#N)cc2)C1=O. The van der Waals surface area contributed by atoms with E-state index in [9.17, 15) is 27.6 Å². The van der Waals surface area contributed by atoms with Crippen molar-refractivity contribution in [2.45, 2.75) is 62.2 Å². The summed E-state index contributed by atoms with van der Waals surface area (Å²) in [6, 6.07) is 8.25. The number of nitriles is 1. The maximum Gasteiger partial charge on any atom is 0.408 e. The highest BCUT2D eigenvalue weighted by Gasteiger charge is 2.58. The number of carbonyl (C=O) groups excluding carboxylic acids is 3.